The van der Waals surface area contributed by atoms with Crippen LogP contribution < -0.4 is 10.2 Å². The third-order valence-corrected chi connectivity index (χ3v) is 4.31. The molecular weight excluding hydrogens is 338 g/mol. The van der Waals surface area contributed by atoms with Crippen molar-refractivity contribution in [3.05, 3.63) is 64.2 Å². The summed E-state index contributed by atoms with van der Waals surface area (Å²) in [5.41, 5.74) is 2.33. The first-order valence-corrected chi connectivity index (χ1v) is 8.33. The predicted molar refractivity (Wildman–Crippen MR) is 95.4 cm³/mol. The van der Waals surface area contributed by atoms with Crippen LogP contribution >= 0.6 is 11.6 Å². The van der Waals surface area contributed by atoms with Crippen LogP contribution in [0.5, 0.6) is 0 Å². The zero-order valence-electron chi connectivity index (χ0n) is 13.5. The second-order valence-electron chi connectivity index (χ2n) is 5.81. The number of nitrogens with zero attached hydrogens (tertiary/aromatic N) is 2. The molecule has 0 radical (unpaired) electrons. The maximum absolute atomic E-state index is 12.6. The highest BCUT2D eigenvalue weighted by atomic mass is 35.5. The van der Waals surface area contributed by atoms with Crippen LogP contribution in [0.1, 0.15) is 34.3 Å². The molecule has 5 nitrogen and oxygen atoms in total. The molecule has 1 aliphatic rings. The van der Waals surface area contributed by atoms with Crippen molar-refractivity contribution in [1.82, 2.24) is 5.32 Å². The molecule has 1 N–H and O–H groups in total. The average Bonchev–Trinajstić information content (AvgIpc) is 3.05. The molecule has 1 saturated heterocycles. The van der Waals surface area contributed by atoms with E-state index in [9.17, 15) is 9.59 Å². The van der Waals surface area contributed by atoms with Gasteiger partial charge in [0.15, 0.2) is 0 Å². The summed E-state index contributed by atoms with van der Waals surface area (Å²) in [6.07, 6.45) is 1.25. The minimum absolute atomic E-state index is 0.00182. The van der Waals surface area contributed by atoms with E-state index in [1.807, 2.05) is 6.07 Å². The molecule has 126 valence electrons. The summed E-state index contributed by atoms with van der Waals surface area (Å²) in [5.74, 6) is -0.285. The second-order valence-corrected chi connectivity index (χ2v) is 6.24. The van der Waals surface area contributed by atoms with E-state index in [-0.39, 0.29) is 11.8 Å². The van der Waals surface area contributed by atoms with Crippen molar-refractivity contribution in [3.63, 3.8) is 0 Å². The molecule has 1 heterocycles. The number of amides is 2. The highest BCUT2D eigenvalue weighted by Crippen LogP contribution is 2.28. The summed E-state index contributed by atoms with van der Waals surface area (Å²) in [5, 5.41) is 12.3. The van der Waals surface area contributed by atoms with Gasteiger partial charge in [-0.2, -0.15) is 5.26 Å². The third kappa shape index (κ3) is 3.81. The first-order valence-electron chi connectivity index (χ1n) is 7.95. The molecule has 2 aromatic rings. The van der Waals surface area contributed by atoms with E-state index in [1.54, 1.807) is 41.3 Å². The largest absolute Gasteiger partial charge is 0.348 e. The van der Waals surface area contributed by atoms with Crippen molar-refractivity contribution in [2.24, 2.45) is 0 Å². The van der Waals surface area contributed by atoms with Crippen LogP contribution in [-0.2, 0) is 11.3 Å². The van der Waals surface area contributed by atoms with E-state index in [2.05, 4.69) is 11.4 Å². The van der Waals surface area contributed by atoms with Crippen molar-refractivity contribution in [1.29, 1.82) is 5.26 Å². The Morgan fingerprint density at radius 1 is 1.28 bits per heavy atom. The fourth-order valence-corrected chi connectivity index (χ4v) is 3.02. The van der Waals surface area contributed by atoms with Crippen LogP contribution in [0.3, 0.4) is 0 Å². The zero-order chi connectivity index (χ0) is 17.8. The monoisotopic (exact) mass is 353 g/mol. The lowest BCUT2D eigenvalue weighted by molar-refractivity contribution is -0.117. The van der Waals surface area contributed by atoms with Gasteiger partial charge < -0.3 is 10.2 Å². The molecular formula is C19H16ClN3O2. The molecule has 0 aliphatic carbocycles. The molecule has 2 amide bonds. The van der Waals surface area contributed by atoms with Gasteiger partial charge in [-0.05, 0) is 42.3 Å². The Kier molecular flexibility index (Phi) is 5.01. The lowest BCUT2D eigenvalue weighted by atomic mass is 10.1. The van der Waals surface area contributed by atoms with Crippen LogP contribution in [-0.4, -0.2) is 18.4 Å². The lowest BCUT2D eigenvalue weighted by Gasteiger charge is -2.19. The summed E-state index contributed by atoms with van der Waals surface area (Å²) in [4.78, 5) is 26.3. The Labute approximate surface area is 150 Å². The first kappa shape index (κ1) is 17.0. The van der Waals surface area contributed by atoms with Crippen LogP contribution in [0, 0.1) is 11.3 Å². The van der Waals surface area contributed by atoms with Gasteiger partial charge in [-0.3, -0.25) is 9.59 Å². The number of halogens is 1. The topological polar surface area (TPSA) is 73.2 Å². The highest BCUT2D eigenvalue weighted by Gasteiger charge is 2.26. The molecule has 0 aromatic heterocycles. The lowest BCUT2D eigenvalue weighted by Crippen LogP contribution is -2.29. The number of nitriles is 1. The molecule has 25 heavy (non-hydrogen) atoms. The smallest absolute Gasteiger partial charge is 0.253 e. The van der Waals surface area contributed by atoms with Crippen molar-refractivity contribution in [2.75, 3.05) is 11.4 Å². The van der Waals surface area contributed by atoms with Gasteiger partial charge in [0.25, 0.3) is 5.91 Å². The number of nitrogens with one attached hydrogen (secondary N) is 1. The molecule has 0 saturated carbocycles. The average molecular weight is 354 g/mol. The second kappa shape index (κ2) is 7.37. The van der Waals surface area contributed by atoms with Crippen molar-refractivity contribution in [2.45, 2.75) is 19.4 Å². The third-order valence-electron chi connectivity index (χ3n) is 4.08. The van der Waals surface area contributed by atoms with Crippen LogP contribution in [0.2, 0.25) is 5.02 Å². The van der Waals surface area contributed by atoms with E-state index in [0.29, 0.717) is 41.3 Å². The van der Waals surface area contributed by atoms with E-state index in [4.69, 9.17) is 16.9 Å². The predicted octanol–water partition coefficient (Wildman–Crippen LogP) is 3.27. The Balaban J connectivity index is 1.80. The SMILES string of the molecule is N#Cc1cccc(CNC(=O)c2ccc(Cl)cc2N2CCCC2=O)c1. The Morgan fingerprint density at radius 3 is 2.84 bits per heavy atom. The van der Waals surface area contributed by atoms with Gasteiger partial charge in [-0.1, -0.05) is 23.7 Å². The van der Waals surface area contributed by atoms with Crippen LogP contribution in [0.15, 0.2) is 42.5 Å². The highest BCUT2D eigenvalue weighted by molar-refractivity contribution is 6.31. The van der Waals surface area contributed by atoms with Crippen molar-refractivity contribution in [3.8, 4) is 6.07 Å². The molecule has 2 aromatic carbocycles. The minimum Gasteiger partial charge on any atom is -0.348 e. The van der Waals surface area contributed by atoms with Crippen LogP contribution in [0.25, 0.3) is 0 Å². The molecule has 0 atom stereocenters. The molecule has 0 bridgehead atoms. The quantitative estimate of drug-likeness (QED) is 0.916. The number of hydrogen-bond acceptors (Lipinski definition) is 3. The van der Waals surface area contributed by atoms with Crippen LogP contribution in [0.4, 0.5) is 5.69 Å². The number of carbonyl (C=O) groups is 2. The Bertz CT molecular complexity index is 873. The number of benzene rings is 2. The fourth-order valence-electron chi connectivity index (χ4n) is 2.85. The van der Waals surface area contributed by atoms with E-state index in [0.717, 1.165) is 12.0 Å². The van der Waals surface area contributed by atoms with Gasteiger partial charge in [0.1, 0.15) is 0 Å². The number of carbonyl (C=O) groups excluding carboxylic acids is 2. The maximum atomic E-state index is 12.6. The number of hydrogen-bond donors (Lipinski definition) is 1. The van der Waals surface area contributed by atoms with Gasteiger partial charge in [-0.15, -0.1) is 0 Å². The molecule has 6 heteroatoms. The van der Waals surface area contributed by atoms with Gasteiger partial charge in [0, 0.05) is 24.5 Å². The van der Waals surface area contributed by atoms with E-state index < -0.39 is 0 Å². The van der Waals surface area contributed by atoms with E-state index >= 15 is 0 Å². The Morgan fingerprint density at radius 2 is 2.12 bits per heavy atom. The van der Waals surface area contributed by atoms with Crippen molar-refractivity contribution >= 4 is 29.1 Å². The summed E-state index contributed by atoms with van der Waals surface area (Å²) >= 11 is 6.05. The molecule has 1 fully saturated rings. The summed E-state index contributed by atoms with van der Waals surface area (Å²) in [6.45, 7) is 0.883. The van der Waals surface area contributed by atoms with Gasteiger partial charge in [0.05, 0.1) is 22.9 Å². The molecule has 0 spiro atoms. The molecule has 3 rings (SSSR count). The van der Waals surface area contributed by atoms with Gasteiger partial charge in [-0.25, -0.2) is 0 Å². The van der Waals surface area contributed by atoms with Gasteiger partial charge >= 0.3 is 0 Å². The summed E-state index contributed by atoms with van der Waals surface area (Å²) in [7, 11) is 0. The number of anilines is 1. The Hall–Kier alpha value is -2.84. The fraction of sp³-hybridized carbons (Fsp3) is 0.211. The zero-order valence-corrected chi connectivity index (χ0v) is 14.2. The maximum Gasteiger partial charge on any atom is 0.253 e. The summed E-state index contributed by atoms with van der Waals surface area (Å²) < 4.78 is 0. The van der Waals surface area contributed by atoms with Crippen molar-refractivity contribution < 1.29 is 9.59 Å². The molecule has 0 unspecified atom stereocenters. The van der Waals surface area contributed by atoms with E-state index in [1.165, 1.54) is 0 Å². The minimum atomic E-state index is -0.284. The van der Waals surface area contributed by atoms with Gasteiger partial charge in [0.2, 0.25) is 5.91 Å². The first-order chi connectivity index (χ1) is 12.1. The number of rotatable bonds is 4. The normalized spacial score (nSPS) is 13.6. The standard InChI is InChI=1S/C19H16ClN3O2/c20-15-6-7-16(17(10-15)23-8-2-5-18(23)24)19(25)22-12-14-4-1-3-13(9-14)11-21/h1,3-4,6-7,9-10H,2,5,8,12H2,(H,22,25). The molecule has 1 aliphatic heterocycles. The summed E-state index contributed by atoms with van der Waals surface area (Å²) in [6, 6.07) is 14.0.